The topological polar surface area (TPSA) is 82.9 Å². The fourth-order valence-electron chi connectivity index (χ4n) is 2.27. The molecule has 0 bridgehead atoms. The van der Waals surface area contributed by atoms with Gasteiger partial charge in [-0.25, -0.2) is 0 Å². The molecular formula is C14H20N2O5. The maximum atomic E-state index is 11.0. The third-order valence-corrected chi connectivity index (χ3v) is 3.53. The zero-order valence-corrected chi connectivity index (χ0v) is 12.3. The van der Waals surface area contributed by atoms with Crippen LogP contribution < -0.4 is 10.1 Å². The Morgan fingerprint density at radius 1 is 1.48 bits per heavy atom. The van der Waals surface area contributed by atoms with Crippen molar-refractivity contribution in [3.8, 4) is 5.75 Å². The first kappa shape index (κ1) is 15.5. The van der Waals surface area contributed by atoms with E-state index in [2.05, 4.69) is 5.32 Å². The van der Waals surface area contributed by atoms with Crippen molar-refractivity contribution in [3.63, 3.8) is 0 Å². The zero-order chi connectivity index (χ0) is 15.3. The second kappa shape index (κ2) is 6.73. The van der Waals surface area contributed by atoms with Crippen molar-refractivity contribution in [2.45, 2.75) is 18.9 Å². The number of nitrogens with one attached hydrogen (secondary N) is 1. The van der Waals surface area contributed by atoms with E-state index in [-0.39, 0.29) is 11.3 Å². The van der Waals surface area contributed by atoms with Crippen LogP contribution in [0, 0.1) is 10.1 Å². The number of nitrogens with zero attached hydrogens (tertiary/aromatic N) is 1. The highest BCUT2D eigenvalue weighted by Gasteiger charge is 2.34. The van der Waals surface area contributed by atoms with Crippen molar-refractivity contribution in [3.05, 3.63) is 28.3 Å². The molecule has 1 aromatic carbocycles. The molecule has 0 aliphatic carbocycles. The van der Waals surface area contributed by atoms with Crippen molar-refractivity contribution in [2.24, 2.45) is 0 Å². The molecule has 0 amide bonds. The molecule has 1 heterocycles. The van der Waals surface area contributed by atoms with Crippen LogP contribution in [0.15, 0.2) is 18.2 Å². The number of methoxy groups -OCH3 is 1. The van der Waals surface area contributed by atoms with Gasteiger partial charge < -0.3 is 19.5 Å². The average Bonchev–Trinajstić information content (AvgIpc) is 2.95. The standard InChI is InChI=1S/C14H20N2O5/c1-3-21-13-7-11(6-12(8-13)16(17)18)15-9-14(19-2)4-5-20-10-14/h6-8,15H,3-5,9-10H2,1-2H3. The molecule has 1 fully saturated rings. The van der Waals surface area contributed by atoms with Gasteiger partial charge in [0.05, 0.1) is 24.2 Å². The van der Waals surface area contributed by atoms with Crippen LogP contribution in [0.1, 0.15) is 13.3 Å². The number of rotatable bonds is 7. The monoisotopic (exact) mass is 296 g/mol. The fourth-order valence-corrected chi connectivity index (χ4v) is 2.27. The number of benzene rings is 1. The summed E-state index contributed by atoms with van der Waals surface area (Å²) in [6.07, 6.45) is 0.795. The van der Waals surface area contributed by atoms with Crippen molar-refractivity contribution >= 4 is 11.4 Å². The van der Waals surface area contributed by atoms with Crippen LogP contribution >= 0.6 is 0 Å². The lowest BCUT2D eigenvalue weighted by molar-refractivity contribution is -0.384. The number of ether oxygens (including phenoxy) is 3. The molecule has 7 heteroatoms. The zero-order valence-electron chi connectivity index (χ0n) is 12.3. The van der Waals surface area contributed by atoms with Gasteiger partial charge in [0.2, 0.25) is 0 Å². The first-order chi connectivity index (χ1) is 10.1. The van der Waals surface area contributed by atoms with E-state index in [0.29, 0.717) is 37.8 Å². The second-order valence-corrected chi connectivity index (χ2v) is 4.95. The number of nitro groups is 1. The molecule has 7 nitrogen and oxygen atoms in total. The largest absolute Gasteiger partial charge is 0.494 e. The summed E-state index contributed by atoms with van der Waals surface area (Å²) in [4.78, 5) is 10.5. The Bertz CT molecular complexity index is 500. The summed E-state index contributed by atoms with van der Waals surface area (Å²) in [7, 11) is 1.65. The van der Waals surface area contributed by atoms with Gasteiger partial charge in [-0.3, -0.25) is 10.1 Å². The maximum absolute atomic E-state index is 11.0. The second-order valence-electron chi connectivity index (χ2n) is 4.95. The molecule has 0 spiro atoms. The van der Waals surface area contributed by atoms with E-state index < -0.39 is 4.92 Å². The van der Waals surface area contributed by atoms with Crippen molar-refractivity contribution < 1.29 is 19.1 Å². The normalized spacial score (nSPS) is 21.2. The molecule has 1 aromatic rings. The Balaban J connectivity index is 2.12. The summed E-state index contributed by atoms with van der Waals surface area (Å²) in [6.45, 7) is 3.99. The Hall–Kier alpha value is -1.86. The van der Waals surface area contributed by atoms with Crippen LogP contribution in [0.2, 0.25) is 0 Å². The highest BCUT2D eigenvalue weighted by Crippen LogP contribution is 2.28. The summed E-state index contributed by atoms with van der Waals surface area (Å²) < 4.78 is 16.2. The molecule has 1 aliphatic heterocycles. The number of nitro benzene ring substituents is 1. The van der Waals surface area contributed by atoms with Crippen molar-refractivity contribution in [1.82, 2.24) is 0 Å². The van der Waals surface area contributed by atoms with Gasteiger partial charge in [-0.15, -0.1) is 0 Å². The van der Waals surface area contributed by atoms with E-state index in [1.54, 1.807) is 13.2 Å². The molecule has 1 N–H and O–H groups in total. The summed E-state index contributed by atoms with van der Waals surface area (Å²) in [5, 5.41) is 14.1. The van der Waals surface area contributed by atoms with E-state index in [1.807, 2.05) is 6.92 Å². The maximum Gasteiger partial charge on any atom is 0.275 e. The molecule has 0 radical (unpaired) electrons. The van der Waals surface area contributed by atoms with Gasteiger partial charge >= 0.3 is 0 Å². The number of non-ortho nitro benzene ring substituents is 1. The van der Waals surface area contributed by atoms with Crippen LogP contribution in [0.4, 0.5) is 11.4 Å². The Morgan fingerprint density at radius 2 is 2.29 bits per heavy atom. The van der Waals surface area contributed by atoms with Gasteiger partial charge in [0.1, 0.15) is 11.4 Å². The van der Waals surface area contributed by atoms with Gasteiger partial charge in [-0.05, 0) is 6.92 Å². The highest BCUT2D eigenvalue weighted by atomic mass is 16.6. The van der Waals surface area contributed by atoms with Gasteiger partial charge in [0, 0.05) is 44.5 Å². The molecule has 2 rings (SSSR count). The SMILES string of the molecule is CCOc1cc(NCC2(OC)CCOC2)cc([N+](=O)[O-])c1. The van der Waals surface area contributed by atoms with Crippen LogP contribution in [0.3, 0.4) is 0 Å². The lowest BCUT2D eigenvalue weighted by atomic mass is 10.0. The van der Waals surface area contributed by atoms with Crippen LogP contribution in [0.25, 0.3) is 0 Å². The third kappa shape index (κ3) is 3.83. The minimum atomic E-state index is -0.432. The van der Waals surface area contributed by atoms with Crippen LogP contribution in [-0.2, 0) is 9.47 Å². The molecule has 0 aromatic heterocycles. The number of hydrogen-bond acceptors (Lipinski definition) is 6. The van der Waals surface area contributed by atoms with E-state index >= 15 is 0 Å². The highest BCUT2D eigenvalue weighted by molar-refractivity contribution is 5.56. The third-order valence-electron chi connectivity index (χ3n) is 3.53. The summed E-state index contributed by atoms with van der Waals surface area (Å²) >= 11 is 0. The molecule has 1 atom stereocenters. The van der Waals surface area contributed by atoms with Crippen LogP contribution in [-0.4, -0.2) is 44.0 Å². The Kier molecular flexibility index (Phi) is 4.98. The Morgan fingerprint density at radius 3 is 2.86 bits per heavy atom. The van der Waals surface area contributed by atoms with Crippen molar-refractivity contribution in [1.29, 1.82) is 0 Å². The van der Waals surface area contributed by atoms with Crippen molar-refractivity contribution in [2.75, 3.05) is 38.8 Å². The van der Waals surface area contributed by atoms with E-state index in [0.717, 1.165) is 6.42 Å². The van der Waals surface area contributed by atoms with E-state index in [1.165, 1.54) is 12.1 Å². The summed E-state index contributed by atoms with van der Waals surface area (Å²) in [5.41, 5.74) is 0.254. The van der Waals surface area contributed by atoms with Gasteiger partial charge in [-0.2, -0.15) is 0 Å². The van der Waals surface area contributed by atoms with Gasteiger partial charge in [-0.1, -0.05) is 0 Å². The minimum absolute atomic E-state index is 0.00223. The Labute approximate surface area is 123 Å². The first-order valence-corrected chi connectivity index (χ1v) is 6.87. The molecule has 21 heavy (non-hydrogen) atoms. The van der Waals surface area contributed by atoms with Gasteiger partial charge in [0.15, 0.2) is 0 Å². The van der Waals surface area contributed by atoms with E-state index in [9.17, 15) is 10.1 Å². The smallest absolute Gasteiger partial charge is 0.275 e. The molecule has 1 unspecified atom stereocenters. The molecule has 1 saturated heterocycles. The van der Waals surface area contributed by atoms with Gasteiger partial charge in [0.25, 0.3) is 5.69 Å². The van der Waals surface area contributed by atoms with Crippen LogP contribution in [0.5, 0.6) is 5.75 Å². The van der Waals surface area contributed by atoms with E-state index in [4.69, 9.17) is 14.2 Å². The molecule has 116 valence electrons. The quantitative estimate of drug-likeness (QED) is 0.613. The molecule has 1 aliphatic rings. The number of hydrogen-bond donors (Lipinski definition) is 1. The predicted octanol–water partition coefficient (Wildman–Crippen LogP) is 2.21. The number of anilines is 1. The first-order valence-electron chi connectivity index (χ1n) is 6.87. The predicted molar refractivity (Wildman–Crippen MR) is 77.9 cm³/mol. The molecular weight excluding hydrogens is 276 g/mol. The lowest BCUT2D eigenvalue weighted by Gasteiger charge is -2.26. The fraction of sp³-hybridized carbons (Fsp3) is 0.571. The lowest BCUT2D eigenvalue weighted by Crippen LogP contribution is -2.39. The average molecular weight is 296 g/mol. The molecule has 0 saturated carbocycles. The minimum Gasteiger partial charge on any atom is -0.494 e. The summed E-state index contributed by atoms with van der Waals surface area (Å²) in [5.74, 6) is 0.475. The summed E-state index contributed by atoms with van der Waals surface area (Å²) in [6, 6.07) is 4.65.